The van der Waals surface area contributed by atoms with Crippen LogP contribution < -0.4 is 15.9 Å². The Balaban J connectivity index is 1.83. The van der Waals surface area contributed by atoms with Gasteiger partial charge in [-0.15, -0.1) is 10.2 Å². The first-order chi connectivity index (χ1) is 12.1. The molecule has 1 aromatic heterocycles. The molecular weight excluding hydrogens is 320 g/mol. The summed E-state index contributed by atoms with van der Waals surface area (Å²) >= 11 is 0. The average molecular weight is 343 g/mol. The summed E-state index contributed by atoms with van der Waals surface area (Å²) in [6, 6.07) is 10.4. The predicted molar refractivity (Wildman–Crippen MR) is 94.8 cm³/mol. The van der Waals surface area contributed by atoms with E-state index < -0.39 is 0 Å². The van der Waals surface area contributed by atoms with Gasteiger partial charge in [0.05, 0.1) is 18.9 Å². The topological polar surface area (TPSA) is 96.7 Å². The van der Waals surface area contributed by atoms with Gasteiger partial charge in [0.15, 0.2) is 6.04 Å². The Morgan fingerprint density at radius 3 is 2.68 bits per heavy atom. The monoisotopic (exact) mass is 343 g/mol. The van der Waals surface area contributed by atoms with Gasteiger partial charge in [-0.3, -0.25) is 9.78 Å². The fraction of sp³-hybridized carbons (Fsp3) is 0.412. The molecule has 2 aromatic rings. The second-order valence-corrected chi connectivity index (χ2v) is 6.07. The van der Waals surface area contributed by atoms with E-state index in [0.29, 0.717) is 5.69 Å². The van der Waals surface area contributed by atoms with Gasteiger partial charge in [0.2, 0.25) is 5.95 Å². The van der Waals surface area contributed by atoms with Crippen LogP contribution in [0.3, 0.4) is 0 Å². The van der Waals surface area contributed by atoms with Crippen LogP contribution in [0.5, 0.6) is 0 Å². The number of aromatic nitrogens is 3. The molecule has 0 unspecified atom stereocenters. The van der Waals surface area contributed by atoms with Crippen LogP contribution in [0.25, 0.3) is 0 Å². The molecule has 1 fully saturated rings. The van der Waals surface area contributed by atoms with Crippen LogP contribution in [-0.2, 0) is 4.74 Å². The van der Waals surface area contributed by atoms with Crippen molar-refractivity contribution in [3.63, 3.8) is 0 Å². The number of nitrogens with zero attached hydrogens (tertiary/aromatic N) is 3. The Morgan fingerprint density at radius 2 is 2.00 bits per heavy atom. The number of ether oxygens (including phenoxy) is 1. The van der Waals surface area contributed by atoms with Crippen molar-refractivity contribution in [3.8, 4) is 0 Å². The van der Waals surface area contributed by atoms with Crippen LogP contribution in [0.4, 0.5) is 5.95 Å². The fourth-order valence-electron chi connectivity index (χ4n) is 2.99. The van der Waals surface area contributed by atoms with E-state index in [2.05, 4.69) is 37.8 Å². The molecule has 0 saturated carbocycles. The van der Waals surface area contributed by atoms with Crippen molar-refractivity contribution in [1.29, 1.82) is 0 Å². The first-order valence-corrected chi connectivity index (χ1v) is 8.36. The molecule has 25 heavy (non-hydrogen) atoms. The summed E-state index contributed by atoms with van der Waals surface area (Å²) in [5.41, 5.74) is 4.98. The summed E-state index contributed by atoms with van der Waals surface area (Å²) in [6.07, 6.45) is 0. The third kappa shape index (κ3) is 4.28. The maximum absolute atomic E-state index is 11.6. The molecule has 1 aliphatic heterocycles. The summed E-state index contributed by atoms with van der Waals surface area (Å²) in [4.78, 5) is 15.6. The highest BCUT2D eigenvalue weighted by Crippen LogP contribution is 2.12. The molecule has 8 heteroatoms. The fourth-order valence-corrected chi connectivity index (χ4v) is 2.99. The van der Waals surface area contributed by atoms with Crippen LogP contribution in [0, 0.1) is 6.92 Å². The molecule has 8 nitrogen and oxygen atoms in total. The van der Waals surface area contributed by atoms with Gasteiger partial charge >= 0.3 is 0 Å². The second-order valence-electron chi connectivity index (χ2n) is 6.07. The molecule has 132 valence electrons. The highest BCUT2D eigenvalue weighted by molar-refractivity contribution is 5.87. The summed E-state index contributed by atoms with van der Waals surface area (Å²) in [6.45, 7) is 6.93. The zero-order chi connectivity index (χ0) is 17.6. The standard InChI is InChI=1S/C17H22N6O2/c1-12(19-21-17-18-16(24)13(2)20-22-17)15(14-6-4-3-5-7-14)23-8-10-25-11-9-23/h3-7,15H,8-11H2,1-2H3,(H2,18,21,22,24)/p+1/b19-12-/t15-/m0/s1. The van der Waals surface area contributed by atoms with Gasteiger partial charge < -0.3 is 9.64 Å². The Morgan fingerprint density at radius 1 is 1.28 bits per heavy atom. The highest BCUT2D eigenvalue weighted by atomic mass is 16.5. The summed E-state index contributed by atoms with van der Waals surface area (Å²) in [5, 5.41) is 12.2. The summed E-state index contributed by atoms with van der Waals surface area (Å²) in [5.74, 6) is 0.235. The predicted octanol–water partition coefficient (Wildman–Crippen LogP) is -0.0825. The van der Waals surface area contributed by atoms with Crippen LogP contribution in [0.2, 0.25) is 0 Å². The smallest absolute Gasteiger partial charge is 0.274 e. The third-order valence-electron chi connectivity index (χ3n) is 4.29. The molecule has 0 radical (unpaired) electrons. The van der Waals surface area contributed by atoms with Crippen molar-refractivity contribution < 1.29 is 9.64 Å². The highest BCUT2D eigenvalue weighted by Gasteiger charge is 2.29. The maximum atomic E-state index is 11.6. The van der Waals surface area contributed by atoms with E-state index in [0.717, 1.165) is 32.0 Å². The molecule has 1 aliphatic rings. The number of anilines is 1. The third-order valence-corrected chi connectivity index (χ3v) is 4.29. The van der Waals surface area contributed by atoms with Gasteiger partial charge in [0.25, 0.3) is 5.56 Å². The van der Waals surface area contributed by atoms with Crippen molar-refractivity contribution in [3.05, 3.63) is 51.9 Å². The number of aromatic amines is 1. The number of nitrogens with one attached hydrogen (secondary N) is 3. The molecule has 3 rings (SSSR count). The second kappa shape index (κ2) is 8.00. The zero-order valence-electron chi connectivity index (χ0n) is 14.5. The van der Waals surface area contributed by atoms with E-state index in [4.69, 9.17) is 4.74 Å². The minimum Gasteiger partial charge on any atom is -0.370 e. The summed E-state index contributed by atoms with van der Waals surface area (Å²) < 4.78 is 5.48. The lowest BCUT2D eigenvalue weighted by atomic mass is 10.0. The van der Waals surface area contributed by atoms with E-state index >= 15 is 0 Å². The number of rotatable bonds is 5. The minimum atomic E-state index is -0.274. The number of hydrogen-bond donors (Lipinski definition) is 3. The van der Waals surface area contributed by atoms with Crippen molar-refractivity contribution >= 4 is 11.7 Å². The number of H-pyrrole nitrogens is 1. The van der Waals surface area contributed by atoms with Gasteiger partial charge in [-0.2, -0.15) is 5.10 Å². The Labute approximate surface area is 145 Å². The first-order valence-electron chi connectivity index (χ1n) is 8.36. The van der Waals surface area contributed by atoms with Gasteiger partial charge in [0, 0.05) is 5.56 Å². The lowest BCUT2D eigenvalue weighted by molar-refractivity contribution is -0.928. The maximum Gasteiger partial charge on any atom is 0.274 e. The normalized spacial score (nSPS) is 17.3. The van der Waals surface area contributed by atoms with E-state index in [1.54, 1.807) is 6.92 Å². The van der Waals surface area contributed by atoms with Crippen LogP contribution in [0.1, 0.15) is 24.2 Å². The van der Waals surface area contributed by atoms with E-state index in [-0.39, 0.29) is 17.5 Å². The van der Waals surface area contributed by atoms with E-state index in [1.165, 1.54) is 10.5 Å². The van der Waals surface area contributed by atoms with Crippen molar-refractivity contribution in [1.82, 2.24) is 15.2 Å². The molecular formula is C17H23N6O2+. The van der Waals surface area contributed by atoms with Gasteiger partial charge in [-0.25, -0.2) is 5.43 Å². The molecule has 2 heterocycles. The largest absolute Gasteiger partial charge is 0.370 e. The number of aryl methyl sites for hydroxylation is 1. The van der Waals surface area contributed by atoms with E-state index in [1.807, 2.05) is 25.1 Å². The molecule has 1 saturated heterocycles. The molecule has 1 atom stereocenters. The molecule has 0 amide bonds. The van der Waals surface area contributed by atoms with Crippen molar-refractivity contribution in [2.75, 3.05) is 31.7 Å². The Hall–Kier alpha value is -2.58. The van der Waals surface area contributed by atoms with Crippen molar-refractivity contribution in [2.24, 2.45) is 5.10 Å². The van der Waals surface area contributed by atoms with Gasteiger partial charge in [-0.1, -0.05) is 30.3 Å². The number of hydrogen-bond acceptors (Lipinski definition) is 6. The Bertz CT molecular complexity index is 783. The number of quaternary nitrogens is 1. The Kier molecular flexibility index (Phi) is 5.52. The van der Waals surface area contributed by atoms with Gasteiger partial charge in [0.1, 0.15) is 18.8 Å². The molecule has 0 aliphatic carbocycles. The van der Waals surface area contributed by atoms with Crippen LogP contribution >= 0.6 is 0 Å². The zero-order valence-corrected chi connectivity index (χ0v) is 14.5. The van der Waals surface area contributed by atoms with Crippen LogP contribution in [0.15, 0.2) is 40.2 Å². The van der Waals surface area contributed by atoms with Crippen molar-refractivity contribution in [2.45, 2.75) is 19.9 Å². The van der Waals surface area contributed by atoms with Gasteiger partial charge in [-0.05, 0) is 13.8 Å². The summed E-state index contributed by atoms with van der Waals surface area (Å²) in [7, 11) is 0. The molecule has 3 N–H and O–H groups in total. The average Bonchev–Trinajstić information content (AvgIpc) is 2.65. The first kappa shape index (κ1) is 17.2. The van der Waals surface area contributed by atoms with Crippen LogP contribution in [-0.4, -0.2) is 47.2 Å². The van der Waals surface area contributed by atoms with E-state index in [9.17, 15) is 4.79 Å². The lowest BCUT2D eigenvalue weighted by Crippen LogP contribution is -3.15. The minimum absolute atomic E-state index is 0.114. The number of hydrazone groups is 1. The molecule has 0 spiro atoms. The number of morpholine rings is 1. The number of benzene rings is 1. The molecule has 1 aromatic carbocycles. The lowest BCUT2D eigenvalue weighted by Gasteiger charge is -2.31. The quantitative estimate of drug-likeness (QED) is 0.521. The SMILES string of the molecule is C/C(=N/Nc1nnc(C)c(=O)[nH]1)[C@@H](c1ccccc1)[NH+]1CCOCC1. The molecule has 0 bridgehead atoms.